The van der Waals surface area contributed by atoms with Gasteiger partial charge in [-0.2, -0.15) is 0 Å². The molecule has 9 aliphatic carbocycles. The van der Waals surface area contributed by atoms with E-state index in [0.717, 1.165) is 74.2 Å². The van der Waals surface area contributed by atoms with E-state index in [-0.39, 0.29) is 0 Å². The van der Waals surface area contributed by atoms with Crippen LogP contribution in [-0.4, -0.2) is 11.4 Å². The van der Waals surface area contributed by atoms with Gasteiger partial charge in [0.05, 0.1) is 22.8 Å². The third-order valence-corrected chi connectivity index (χ3v) is 10.2. The van der Waals surface area contributed by atoms with Gasteiger partial charge in [-0.05, 0) is 113 Å². The maximum absolute atomic E-state index is 5.59. The molecule has 0 saturated heterocycles. The molecule has 0 aromatic heterocycles. The summed E-state index contributed by atoms with van der Waals surface area (Å²) in [6.07, 6.45) is 8.02. The molecule has 46 heavy (non-hydrogen) atoms. The fraction of sp³-hybridized carbons (Fsp3) is 0.182. The van der Waals surface area contributed by atoms with Crippen molar-refractivity contribution < 1.29 is 0 Å². The van der Waals surface area contributed by atoms with Crippen LogP contribution in [0.1, 0.15) is 55.6 Å². The van der Waals surface area contributed by atoms with Gasteiger partial charge in [-0.25, -0.2) is 9.98 Å². The highest BCUT2D eigenvalue weighted by Crippen LogP contribution is 2.36. The quantitative estimate of drug-likeness (QED) is 0.191. The van der Waals surface area contributed by atoms with Crippen LogP contribution in [0.2, 0.25) is 0 Å². The number of nitrogens with zero attached hydrogens (tertiary/aromatic N) is 2. The average molecular weight is 593 g/mol. The van der Waals surface area contributed by atoms with Crippen LogP contribution in [-0.2, 0) is 51.4 Å². The van der Waals surface area contributed by atoms with E-state index in [1.807, 2.05) is 0 Å². The van der Waals surface area contributed by atoms with Gasteiger partial charge in [0.25, 0.3) is 0 Å². The molecule has 6 aromatic carbocycles. The van der Waals surface area contributed by atoms with Crippen LogP contribution in [0.5, 0.6) is 0 Å². The highest BCUT2D eigenvalue weighted by molar-refractivity contribution is 6.61. The second-order valence-electron chi connectivity index (χ2n) is 13.2. The van der Waals surface area contributed by atoms with E-state index >= 15 is 0 Å². The van der Waals surface area contributed by atoms with E-state index in [0.29, 0.717) is 0 Å². The van der Waals surface area contributed by atoms with Gasteiger partial charge in [0.2, 0.25) is 0 Å². The first-order chi connectivity index (χ1) is 22.7. The average Bonchev–Trinajstić information content (AvgIpc) is 3.37. The van der Waals surface area contributed by atoms with Crippen molar-refractivity contribution in [2.45, 2.75) is 51.4 Å². The lowest BCUT2D eigenvalue weighted by molar-refractivity contribution is 0.921. The van der Waals surface area contributed by atoms with E-state index in [2.05, 4.69) is 121 Å². The third-order valence-electron chi connectivity index (χ3n) is 10.2. The van der Waals surface area contributed by atoms with Crippen LogP contribution in [0.4, 0.5) is 11.4 Å². The van der Waals surface area contributed by atoms with Gasteiger partial charge >= 0.3 is 0 Å². The number of rotatable bonds is 2. The van der Waals surface area contributed by atoms with Gasteiger partial charge in [0.1, 0.15) is 0 Å². The first kappa shape index (κ1) is 27.2. The summed E-state index contributed by atoms with van der Waals surface area (Å²) in [6, 6.07) is 45.6. The van der Waals surface area contributed by atoms with Gasteiger partial charge in [0.15, 0.2) is 0 Å². The molecule has 9 aliphatic rings. The minimum atomic E-state index is 0.961. The van der Waals surface area contributed by atoms with E-state index in [4.69, 9.17) is 9.98 Å². The van der Waals surface area contributed by atoms with Crippen molar-refractivity contribution >= 4 is 33.6 Å². The highest BCUT2D eigenvalue weighted by Gasteiger charge is 2.28. The van der Waals surface area contributed by atoms with Crippen molar-refractivity contribution in [3.8, 4) is 0 Å². The Bertz CT molecular complexity index is 2030. The monoisotopic (exact) mass is 592 g/mol. The van der Waals surface area contributed by atoms with Crippen molar-refractivity contribution in [3.05, 3.63) is 177 Å². The summed E-state index contributed by atoms with van der Waals surface area (Å²) in [6.45, 7) is 0. The predicted molar refractivity (Wildman–Crippen MR) is 192 cm³/mol. The van der Waals surface area contributed by atoms with Crippen molar-refractivity contribution in [3.63, 3.8) is 0 Å². The van der Waals surface area contributed by atoms with Crippen LogP contribution < -0.4 is 0 Å². The molecule has 2 nitrogen and oxygen atoms in total. The minimum absolute atomic E-state index is 0.961. The number of aryl methyl sites for hydroxylation is 8. The zero-order valence-electron chi connectivity index (χ0n) is 26.1. The number of hydrogen-bond acceptors (Lipinski definition) is 2. The molecule has 0 heterocycles. The van der Waals surface area contributed by atoms with E-state index in [1.165, 1.54) is 66.4 Å². The first-order valence-electron chi connectivity index (χ1n) is 16.8. The summed E-state index contributed by atoms with van der Waals surface area (Å²) >= 11 is 0. The Balaban J connectivity index is 1.20. The Morgan fingerprint density at radius 2 is 0.717 bits per heavy atom. The molecule has 0 N–H and O–H groups in total. The molecule has 0 aliphatic heterocycles. The molecular formula is C44H36N2. The molecule has 15 rings (SSSR count). The molecule has 8 bridgehead atoms. The fourth-order valence-corrected chi connectivity index (χ4v) is 7.50. The molecule has 222 valence electrons. The van der Waals surface area contributed by atoms with Crippen molar-refractivity contribution in [2.24, 2.45) is 9.98 Å². The lowest BCUT2D eigenvalue weighted by Gasteiger charge is -2.14. The van der Waals surface area contributed by atoms with Gasteiger partial charge in [-0.3, -0.25) is 0 Å². The Hall–Kier alpha value is -5.08. The highest BCUT2D eigenvalue weighted by atomic mass is 14.8. The Labute approximate surface area is 271 Å². The Morgan fingerprint density at radius 1 is 0.348 bits per heavy atom. The maximum atomic E-state index is 5.59. The van der Waals surface area contributed by atoms with Gasteiger partial charge in [-0.15, -0.1) is 0 Å². The fourth-order valence-electron chi connectivity index (χ4n) is 7.50. The second kappa shape index (κ2) is 11.4. The third kappa shape index (κ3) is 5.08. The van der Waals surface area contributed by atoms with Crippen LogP contribution in [0.15, 0.2) is 131 Å². The molecule has 0 atom stereocenters. The van der Waals surface area contributed by atoms with Crippen LogP contribution >= 0.6 is 0 Å². The Morgan fingerprint density at radius 3 is 1.15 bits per heavy atom. The molecule has 2 heteroatoms. The van der Waals surface area contributed by atoms with Crippen LogP contribution in [0.3, 0.4) is 0 Å². The summed E-state index contributed by atoms with van der Waals surface area (Å²) in [4.78, 5) is 11.2. The predicted octanol–water partition coefficient (Wildman–Crippen LogP) is 9.86. The largest absolute Gasteiger partial charge is 0.246 e. The normalized spacial score (nSPS) is 17.0. The summed E-state index contributed by atoms with van der Waals surface area (Å²) in [5, 5.41) is 2.51. The Kier molecular flexibility index (Phi) is 6.74. The molecular weight excluding hydrogens is 556 g/mol. The molecule has 6 aromatic rings. The summed E-state index contributed by atoms with van der Waals surface area (Å²) in [5.74, 6) is 0. The van der Waals surface area contributed by atoms with E-state index in [1.54, 1.807) is 0 Å². The summed E-state index contributed by atoms with van der Waals surface area (Å²) < 4.78 is 0. The smallest absolute Gasteiger partial charge is 0.0978 e. The van der Waals surface area contributed by atoms with E-state index < -0.39 is 0 Å². The molecule has 0 unspecified atom stereocenters. The van der Waals surface area contributed by atoms with Crippen molar-refractivity contribution in [1.82, 2.24) is 0 Å². The van der Waals surface area contributed by atoms with Gasteiger partial charge in [-0.1, -0.05) is 109 Å². The SMILES string of the molecule is c1cc2c3c(cccc3c1)C(=Nc1cc3ccc1CCc1ccc(cc1)CC3)C2=Nc1cc2ccc1CCc1ccc(cc1)CC2. The zero-order chi connectivity index (χ0) is 30.5. The molecule has 0 spiro atoms. The lowest BCUT2D eigenvalue weighted by atomic mass is 9.95. The minimum Gasteiger partial charge on any atom is -0.246 e. The molecule has 0 radical (unpaired) electrons. The summed E-state index contributed by atoms with van der Waals surface area (Å²) in [5.41, 5.74) is 17.4. The number of benzene rings is 6. The summed E-state index contributed by atoms with van der Waals surface area (Å²) in [7, 11) is 0. The molecule has 0 amide bonds. The number of aliphatic imine (C=N–C) groups is 2. The molecule has 0 saturated carbocycles. The second-order valence-corrected chi connectivity index (χ2v) is 13.2. The first-order valence-corrected chi connectivity index (χ1v) is 16.8. The van der Waals surface area contributed by atoms with E-state index in [9.17, 15) is 0 Å². The maximum Gasteiger partial charge on any atom is 0.0978 e. The number of hydrogen-bond donors (Lipinski definition) is 0. The van der Waals surface area contributed by atoms with Crippen LogP contribution in [0, 0.1) is 0 Å². The lowest BCUT2D eigenvalue weighted by Crippen LogP contribution is -2.11. The molecule has 0 fully saturated rings. The van der Waals surface area contributed by atoms with Gasteiger partial charge in [0, 0.05) is 16.5 Å². The van der Waals surface area contributed by atoms with Gasteiger partial charge < -0.3 is 0 Å². The topological polar surface area (TPSA) is 24.7 Å². The van der Waals surface area contributed by atoms with Crippen LogP contribution in [0.25, 0.3) is 10.8 Å². The zero-order valence-corrected chi connectivity index (χ0v) is 26.1. The van der Waals surface area contributed by atoms with Crippen molar-refractivity contribution in [1.29, 1.82) is 0 Å². The standard InChI is InChI=1S/C44H36N2/c1-3-37-4-2-6-39-42(37)38(5-1)43(45-40-27-33-17-15-29-7-11-31(12-8-29)19-23-35(40)25-21-33)44(39)46-41-28-34-18-16-30-9-13-32(14-10-30)20-24-36(41)26-22-34/h1-14,21-22,25-28H,15-20,23-24H2. The van der Waals surface area contributed by atoms with Crippen molar-refractivity contribution in [2.75, 3.05) is 0 Å².